The van der Waals surface area contributed by atoms with E-state index < -0.39 is 12.0 Å². The van der Waals surface area contributed by atoms with Crippen molar-refractivity contribution < 1.29 is 19.1 Å². The first-order chi connectivity index (χ1) is 14.4. The molecule has 1 aliphatic rings. The molecule has 30 heavy (non-hydrogen) atoms. The van der Waals surface area contributed by atoms with Crippen molar-refractivity contribution in [3.63, 3.8) is 0 Å². The van der Waals surface area contributed by atoms with Crippen molar-refractivity contribution in [2.75, 3.05) is 19.5 Å². The number of hydrogen-bond donors (Lipinski definition) is 2. The second kappa shape index (κ2) is 9.41. The highest BCUT2D eigenvalue weighted by Gasteiger charge is 2.27. The third kappa shape index (κ3) is 4.96. The summed E-state index contributed by atoms with van der Waals surface area (Å²) in [5, 5.41) is 7.92. The molecule has 0 saturated heterocycles. The number of anilines is 1. The molecule has 2 N–H and O–H groups in total. The average molecular weight is 429 g/mol. The highest BCUT2D eigenvalue weighted by molar-refractivity contribution is 6.31. The highest BCUT2D eigenvalue weighted by Crippen LogP contribution is 2.29. The zero-order chi connectivity index (χ0) is 21.7. The normalized spacial score (nSPS) is 16.6. The van der Waals surface area contributed by atoms with Gasteiger partial charge in [0.05, 0.1) is 26.4 Å². The molecule has 1 heterocycles. The van der Waals surface area contributed by atoms with Gasteiger partial charge >= 0.3 is 5.97 Å². The minimum atomic E-state index is -0.714. The lowest BCUT2D eigenvalue weighted by molar-refractivity contribution is -0.140. The topological polar surface area (TPSA) is 101 Å². The van der Waals surface area contributed by atoms with Crippen LogP contribution in [0.3, 0.4) is 0 Å². The summed E-state index contributed by atoms with van der Waals surface area (Å²) in [6.07, 6.45) is -0.0653. The molecule has 2 aromatic rings. The highest BCUT2D eigenvalue weighted by atomic mass is 35.5. The van der Waals surface area contributed by atoms with Crippen molar-refractivity contribution in [2.24, 2.45) is 10.1 Å². The number of carbonyl (C=O) groups is 2. The van der Waals surface area contributed by atoms with Crippen molar-refractivity contribution in [1.82, 2.24) is 5.43 Å². The SMILES string of the molecule is COC(=O)CC1N=C(c2ccc(Cl)cc2)c2cc(OC)ccc2N/C1=N\NC(C)=O. The molecule has 156 valence electrons. The average Bonchev–Trinajstić information content (AvgIpc) is 2.89. The number of fused-ring (bicyclic) bond motifs is 1. The van der Waals surface area contributed by atoms with Gasteiger partial charge in [0.2, 0.25) is 5.91 Å². The molecular weight excluding hydrogens is 408 g/mol. The maximum atomic E-state index is 12.0. The van der Waals surface area contributed by atoms with Crippen LogP contribution in [-0.4, -0.2) is 43.7 Å². The van der Waals surface area contributed by atoms with Crippen LogP contribution in [0.25, 0.3) is 0 Å². The van der Waals surface area contributed by atoms with Gasteiger partial charge in [0.1, 0.15) is 11.8 Å². The van der Waals surface area contributed by atoms with E-state index in [-0.39, 0.29) is 12.3 Å². The van der Waals surface area contributed by atoms with E-state index in [0.29, 0.717) is 28.0 Å². The number of amidine groups is 1. The number of nitrogens with one attached hydrogen (secondary N) is 2. The largest absolute Gasteiger partial charge is 0.497 e. The zero-order valence-corrected chi connectivity index (χ0v) is 17.5. The quantitative estimate of drug-likeness (QED) is 0.563. The summed E-state index contributed by atoms with van der Waals surface area (Å²) < 4.78 is 10.2. The number of amides is 1. The zero-order valence-electron chi connectivity index (χ0n) is 16.7. The van der Waals surface area contributed by atoms with E-state index in [9.17, 15) is 9.59 Å². The van der Waals surface area contributed by atoms with Gasteiger partial charge in [-0.05, 0) is 30.3 Å². The monoisotopic (exact) mass is 428 g/mol. The number of aliphatic imine (C=N–C) groups is 1. The summed E-state index contributed by atoms with van der Waals surface area (Å²) in [6, 6.07) is 12.0. The van der Waals surface area contributed by atoms with Crippen LogP contribution in [0.1, 0.15) is 24.5 Å². The number of hydrazone groups is 1. The number of benzene rings is 2. The van der Waals surface area contributed by atoms with Crippen LogP contribution in [-0.2, 0) is 14.3 Å². The van der Waals surface area contributed by atoms with Crippen LogP contribution < -0.4 is 15.5 Å². The number of nitrogens with zero attached hydrogens (tertiary/aromatic N) is 2. The first-order valence-corrected chi connectivity index (χ1v) is 9.49. The van der Waals surface area contributed by atoms with E-state index in [0.717, 1.165) is 11.1 Å². The molecular formula is C21H21ClN4O4. The maximum absolute atomic E-state index is 12.0. The lowest BCUT2D eigenvalue weighted by Gasteiger charge is -2.14. The lowest BCUT2D eigenvalue weighted by atomic mass is 10.00. The van der Waals surface area contributed by atoms with Gasteiger partial charge in [-0.25, -0.2) is 5.43 Å². The Morgan fingerprint density at radius 1 is 1.20 bits per heavy atom. The van der Waals surface area contributed by atoms with Gasteiger partial charge in [0.25, 0.3) is 0 Å². The van der Waals surface area contributed by atoms with E-state index in [4.69, 9.17) is 26.1 Å². The summed E-state index contributed by atoms with van der Waals surface area (Å²) in [7, 11) is 2.88. The van der Waals surface area contributed by atoms with Gasteiger partial charge in [0.15, 0.2) is 5.84 Å². The third-order valence-electron chi connectivity index (χ3n) is 4.38. The van der Waals surface area contributed by atoms with E-state index in [2.05, 4.69) is 15.8 Å². The fraction of sp³-hybridized carbons (Fsp3) is 0.238. The third-order valence-corrected chi connectivity index (χ3v) is 4.64. The Hall–Kier alpha value is -3.39. The number of carbonyl (C=O) groups excluding carboxylic acids is 2. The van der Waals surface area contributed by atoms with Crippen LogP contribution >= 0.6 is 11.6 Å². The molecule has 0 aromatic heterocycles. The Morgan fingerprint density at radius 2 is 1.93 bits per heavy atom. The summed E-state index contributed by atoms with van der Waals surface area (Å²) in [5.74, 6) is 0.150. The molecule has 0 fully saturated rings. The number of methoxy groups -OCH3 is 2. The Kier molecular flexibility index (Phi) is 6.68. The van der Waals surface area contributed by atoms with Gasteiger partial charge in [-0.15, -0.1) is 0 Å². The van der Waals surface area contributed by atoms with Crippen molar-refractivity contribution in [3.8, 4) is 5.75 Å². The Labute approximate surface area is 178 Å². The predicted octanol–water partition coefficient (Wildman–Crippen LogP) is 2.99. The van der Waals surface area contributed by atoms with Gasteiger partial charge < -0.3 is 14.8 Å². The van der Waals surface area contributed by atoms with E-state index in [1.807, 2.05) is 24.3 Å². The Bertz CT molecular complexity index is 1020. The second-order valence-corrected chi connectivity index (χ2v) is 6.92. The molecule has 8 nitrogen and oxygen atoms in total. The number of hydrogen-bond acceptors (Lipinski definition) is 6. The number of rotatable bonds is 5. The van der Waals surface area contributed by atoms with Crippen LogP contribution in [0, 0.1) is 0 Å². The van der Waals surface area contributed by atoms with Crippen LogP contribution in [0.15, 0.2) is 52.6 Å². The molecule has 1 atom stereocenters. The Morgan fingerprint density at radius 3 is 2.57 bits per heavy atom. The smallest absolute Gasteiger partial charge is 0.308 e. The number of esters is 1. The maximum Gasteiger partial charge on any atom is 0.308 e. The molecule has 1 aliphatic heterocycles. The Balaban J connectivity index is 2.20. The van der Waals surface area contributed by atoms with Gasteiger partial charge in [0, 0.05) is 28.8 Å². The predicted molar refractivity (Wildman–Crippen MR) is 115 cm³/mol. The van der Waals surface area contributed by atoms with Crippen LogP contribution in [0.4, 0.5) is 5.69 Å². The minimum absolute atomic E-state index is 0.0653. The standard InChI is InChI=1S/C21H21ClN4O4/c1-12(27)25-26-21-18(11-19(28)30-3)23-20(13-4-6-14(22)7-5-13)16-10-15(29-2)8-9-17(16)24-21/h4-10,18H,11H2,1-3H3,(H,24,26)(H,25,27). The van der Waals surface area contributed by atoms with Crippen molar-refractivity contribution in [1.29, 1.82) is 0 Å². The molecule has 0 bridgehead atoms. The molecule has 0 spiro atoms. The molecule has 9 heteroatoms. The summed E-state index contributed by atoms with van der Waals surface area (Å²) in [4.78, 5) is 28.3. The minimum Gasteiger partial charge on any atom is -0.497 e. The van der Waals surface area contributed by atoms with Gasteiger partial charge in [-0.1, -0.05) is 23.7 Å². The van der Waals surface area contributed by atoms with E-state index in [1.54, 1.807) is 25.3 Å². The molecule has 0 saturated carbocycles. The van der Waals surface area contributed by atoms with Crippen molar-refractivity contribution >= 4 is 40.7 Å². The van der Waals surface area contributed by atoms with Crippen molar-refractivity contribution in [2.45, 2.75) is 19.4 Å². The molecule has 0 radical (unpaired) electrons. The van der Waals surface area contributed by atoms with Crippen molar-refractivity contribution in [3.05, 3.63) is 58.6 Å². The molecule has 3 rings (SSSR count). The molecule has 1 amide bonds. The molecule has 0 aliphatic carbocycles. The number of halogens is 1. The van der Waals surface area contributed by atoms with E-state index in [1.165, 1.54) is 14.0 Å². The number of benzodiazepines with no additional fused rings is 1. The first kappa shape index (κ1) is 21.3. The lowest BCUT2D eigenvalue weighted by Crippen LogP contribution is -2.32. The second-order valence-electron chi connectivity index (χ2n) is 6.48. The fourth-order valence-corrected chi connectivity index (χ4v) is 3.05. The van der Waals surface area contributed by atoms with Gasteiger partial charge in [-0.3, -0.25) is 14.6 Å². The molecule has 2 aromatic carbocycles. The molecule has 1 unspecified atom stereocenters. The van der Waals surface area contributed by atoms with Gasteiger partial charge in [-0.2, -0.15) is 5.10 Å². The van der Waals surface area contributed by atoms with Crippen LogP contribution in [0.5, 0.6) is 5.75 Å². The van der Waals surface area contributed by atoms with E-state index >= 15 is 0 Å². The first-order valence-electron chi connectivity index (χ1n) is 9.11. The summed E-state index contributed by atoms with van der Waals surface area (Å²) in [6.45, 7) is 1.34. The summed E-state index contributed by atoms with van der Waals surface area (Å²) in [5.41, 5.74) is 5.27. The fourth-order valence-electron chi connectivity index (χ4n) is 2.93. The summed E-state index contributed by atoms with van der Waals surface area (Å²) >= 11 is 6.05. The number of ether oxygens (including phenoxy) is 2. The van der Waals surface area contributed by atoms with Crippen LogP contribution in [0.2, 0.25) is 5.02 Å².